The topological polar surface area (TPSA) is 26.3 Å². The number of allylic oxidation sites excluding steroid dienone is 3. The number of methoxy groups -OCH3 is 1. The lowest BCUT2D eigenvalue weighted by Gasteiger charge is -2.42. The Hall–Kier alpha value is -2.61. The van der Waals surface area contributed by atoms with E-state index in [1.54, 1.807) is 6.07 Å². The highest BCUT2D eigenvalue weighted by atomic mass is 16.5. The number of carbonyl (C=O) groups is 1. The number of aryl methyl sites for hydroxylation is 1. The summed E-state index contributed by atoms with van der Waals surface area (Å²) in [5, 5.41) is 0. The SMILES string of the molecule is COC(=O)c1ccccc1/C=C/C=C(\C)c1cc2c(cc1C)C(C)(C)CCC2(C)C. The van der Waals surface area contributed by atoms with Crippen LogP contribution in [0.2, 0.25) is 0 Å². The van der Waals surface area contributed by atoms with Crippen molar-refractivity contribution >= 4 is 17.6 Å². The first-order chi connectivity index (χ1) is 14.1. The number of carbonyl (C=O) groups excluding carboxylic acids is 1. The van der Waals surface area contributed by atoms with Crippen LogP contribution in [-0.2, 0) is 15.6 Å². The number of rotatable bonds is 4. The fourth-order valence-electron chi connectivity index (χ4n) is 4.47. The molecule has 0 atom stereocenters. The van der Waals surface area contributed by atoms with Gasteiger partial charge in [0.25, 0.3) is 0 Å². The summed E-state index contributed by atoms with van der Waals surface area (Å²) in [7, 11) is 1.41. The minimum absolute atomic E-state index is 0.197. The number of benzene rings is 2. The summed E-state index contributed by atoms with van der Waals surface area (Å²) in [5.41, 5.74) is 8.67. The van der Waals surface area contributed by atoms with Gasteiger partial charge in [0.05, 0.1) is 12.7 Å². The number of esters is 1. The minimum Gasteiger partial charge on any atom is -0.465 e. The highest BCUT2D eigenvalue weighted by Crippen LogP contribution is 2.47. The first kappa shape index (κ1) is 22.1. The average molecular weight is 403 g/mol. The molecular formula is C28H34O2. The van der Waals surface area contributed by atoms with Gasteiger partial charge < -0.3 is 4.74 Å². The van der Waals surface area contributed by atoms with Crippen LogP contribution in [0.5, 0.6) is 0 Å². The lowest BCUT2D eigenvalue weighted by molar-refractivity contribution is 0.0600. The van der Waals surface area contributed by atoms with Crippen LogP contribution in [0.15, 0.2) is 48.6 Å². The second-order valence-electron chi connectivity index (χ2n) is 9.77. The number of hydrogen-bond donors (Lipinski definition) is 0. The van der Waals surface area contributed by atoms with Gasteiger partial charge in [-0.25, -0.2) is 4.79 Å². The van der Waals surface area contributed by atoms with Crippen LogP contribution in [-0.4, -0.2) is 13.1 Å². The third-order valence-corrected chi connectivity index (χ3v) is 6.61. The zero-order chi connectivity index (χ0) is 22.1. The first-order valence-corrected chi connectivity index (χ1v) is 10.7. The molecule has 0 N–H and O–H groups in total. The van der Waals surface area contributed by atoms with Crippen molar-refractivity contribution < 1.29 is 9.53 Å². The van der Waals surface area contributed by atoms with Crippen LogP contribution in [0, 0.1) is 6.92 Å². The molecule has 0 saturated heterocycles. The van der Waals surface area contributed by atoms with E-state index in [-0.39, 0.29) is 16.8 Å². The van der Waals surface area contributed by atoms with Gasteiger partial charge in [-0.2, -0.15) is 0 Å². The monoisotopic (exact) mass is 402 g/mol. The van der Waals surface area contributed by atoms with E-state index in [0.717, 1.165) is 5.56 Å². The Bertz CT molecular complexity index is 1020. The Morgan fingerprint density at radius 2 is 1.57 bits per heavy atom. The number of hydrogen-bond acceptors (Lipinski definition) is 2. The molecule has 0 radical (unpaired) electrons. The summed E-state index contributed by atoms with van der Waals surface area (Å²) < 4.78 is 4.89. The zero-order valence-corrected chi connectivity index (χ0v) is 19.4. The molecule has 0 spiro atoms. The Kier molecular flexibility index (Phi) is 6.08. The van der Waals surface area contributed by atoms with Gasteiger partial charge in [0, 0.05) is 0 Å². The van der Waals surface area contributed by atoms with Crippen molar-refractivity contribution in [1.82, 2.24) is 0 Å². The maximum absolute atomic E-state index is 12.0. The molecule has 2 aromatic carbocycles. The summed E-state index contributed by atoms with van der Waals surface area (Å²) in [6.07, 6.45) is 8.55. The third kappa shape index (κ3) is 4.28. The van der Waals surface area contributed by atoms with E-state index >= 15 is 0 Å². The molecule has 0 saturated carbocycles. The van der Waals surface area contributed by atoms with Crippen molar-refractivity contribution in [1.29, 1.82) is 0 Å². The molecule has 1 aliphatic carbocycles. The Balaban J connectivity index is 1.97. The normalized spacial score (nSPS) is 17.6. The summed E-state index contributed by atoms with van der Waals surface area (Å²) in [5.74, 6) is -0.314. The lowest BCUT2D eigenvalue weighted by Crippen LogP contribution is -2.34. The quantitative estimate of drug-likeness (QED) is 0.398. The highest BCUT2D eigenvalue weighted by Gasteiger charge is 2.37. The first-order valence-electron chi connectivity index (χ1n) is 10.7. The Labute approximate surface area is 181 Å². The van der Waals surface area contributed by atoms with Gasteiger partial charge in [-0.05, 0) is 77.0 Å². The fraction of sp³-hybridized carbons (Fsp3) is 0.393. The molecule has 1 aliphatic rings. The second-order valence-corrected chi connectivity index (χ2v) is 9.77. The molecule has 30 heavy (non-hydrogen) atoms. The zero-order valence-electron chi connectivity index (χ0n) is 19.4. The minimum atomic E-state index is -0.314. The van der Waals surface area contributed by atoms with Crippen molar-refractivity contribution in [2.24, 2.45) is 0 Å². The van der Waals surface area contributed by atoms with Gasteiger partial charge in [0.1, 0.15) is 0 Å². The van der Waals surface area contributed by atoms with E-state index in [1.807, 2.05) is 30.4 Å². The van der Waals surface area contributed by atoms with Crippen molar-refractivity contribution in [3.63, 3.8) is 0 Å². The summed E-state index contributed by atoms with van der Waals surface area (Å²) >= 11 is 0. The molecule has 0 bridgehead atoms. The van der Waals surface area contributed by atoms with Crippen molar-refractivity contribution in [2.45, 2.75) is 65.2 Å². The van der Waals surface area contributed by atoms with Gasteiger partial charge in [-0.15, -0.1) is 0 Å². The molecule has 2 aromatic rings. The molecule has 0 unspecified atom stereocenters. The molecule has 2 nitrogen and oxygen atoms in total. The van der Waals surface area contributed by atoms with E-state index in [1.165, 1.54) is 47.8 Å². The van der Waals surface area contributed by atoms with Crippen LogP contribution in [0.3, 0.4) is 0 Å². The van der Waals surface area contributed by atoms with E-state index in [4.69, 9.17) is 4.74 Å². The summed E-state index contributed by atoms with van der Waals surface area (Å²) in [6.45, 7) is 13.8. The standard InChI is InChI=1S/C28H34O2/c1-19(11-10-13-21-12-8-9-14-22(21)26(29)30-7)23-18-25-24(17-20(23)2)27(3,4)15-16-28(25,5)6/h8-14,17-18H,15-16H2,1-7H3/b13-10+,19-11+. The highest BCUT2D eigenvalue weighted by molar-refractivity contribution is 5.93. The predicted molar refractivity (Wildman–Crippen MR) is 127 cm³/mol. The number of fused-ring (bicyclic) bond motifs is 1. The smallest absolute Gasteiger partial charge is 0.338 e. The molecule has 0 aromatic heterocycles. The molecule has 0 heterocycles. The molecular weight excluding hydrogens is 368 g/mol. The van der Waals surface area contributed by atoms with Crippen LogP contribution in [0.1, 0.15) is 85.6 Å². The van der Waals surface area contributed by atoms with Gasteiger partial charge in [-0.3, -0.25) is 0 Å². The number of ether oxygens (including phenoxy) is 1. The maximum atomic E-state index is 12.0. The van der Waals surface area contributed by atoms with Crippen LogP contribution >= 0.6 is 0 Å². The Morgan fingerprint density at radius 3 is 2.20 bits per heavy atom. The Morgan fingerprint density at radius 1 is 0.967 bits per heavy atom. The summed E-state index contributed by atoms with van der Waals surface area (Å²) in [4.78, 5) is 12.0. The van der Waals surface area contributed by atoms with Crippen LogP contribution in [0.4, 0.5) is 0 Å². The van der Waals surface area contributed by atoms with Gasteiger partial charge in [0.15, 0.2) is 0 Å². The van der Waals surface area contributed by atoms with E-state index in [2.05, 4.69) is 59.8 Å². The third-order valence-electron chi connectivity index (χ3n) is 6.61. The molecule has 0 amide bonds. The van der Waals surface area contributed by atoms with E-state index in [0.29, 0.717) is 5.56 Å². The average Bonchev–Trinajstić information content (AvgIpc) is 2.71. The lowest BCUT2D eigenvalue weighted by atomic mass is 9.62. The summed E-state index contributed by atoms with van der Waals surface area (Å²) in [6, 6.07) is 12.3. The second kappa shape index (κ2) is 8.26. The van der Waals surface area contributed by atoms with Crippen molar-refractivity contribution in [3.8, 4) is 0 Å². The van der Waals surface area contributed by atoms with Gasteiger partial charge in [-0.1, -0.05) is 76.3 Å². The van der Waals surface area contributed by atoms with Crippen LogP contribution in [0.25, 0.3) is 11.6 Å². The van der Waals surface area contributed by atoms with E-state index in [9.17, 15) is 4.79 Å². The largest absolute Gasteiger partial charge is 0.465 e. The molecule has 0 fully saturated rings. The molecule has 3 rings (SSSR count). The molecule has 158 valence electrons. The predicted octanol–water partition coefficient (Wildman–Crippen LogP) is 7.25. The van der Waals surface area contributed by atoms with Crippen molar-refractivity contribution in [2.75, 3.05) is 7.11 Å². The van der Waals surface area contributed by atoms with E-state index < -0.39 is 0 Å². The van der Waals surface area contributed by atoms with Crippen LogP contribution < -0.4 is 0 Å². The molecule has 0 aliphatic heterocycles. The van der Waals surface area contributed by atoms with Gasteiger partial charge >= 0.3 is 5.97 Å². The fourth-order valence-corrected chi connectivity index (χ4v) is 4.47. The van der Waals surface area contributed by atoms with Crippen molar-refractivity contribution in [3.05, 3.63) is 81.9 Å². The van der Waals surface area contributed by atoms with Gasteiger partial charge in [0.2, 0.25) is 0 Å². The maximum Gasteiger partial charge on any atom is 0.338 e. The molecule has 2 heteroatoms.